The van der Waals surface area contributed by atoms with Gasteiger partial charge < -0.3 is 9.84 Å². The highest BCUT2D eigenvalue weighted by Gasteiger charge is 2.58. The van der Waals surface area contributed by atoms with Crippen LogP contribution < -0.4 is 0 Å². The SMILES string of the molecule is C=CCC1(c2ccccc2)C(=O)OC(c2ccccc2)N1C(=O)O. The van der Waals surface area contributed by atoms with E-state index in [2.05, 4.69) is 6.58 Å². The van der Waals surface area contributed by atoms with Gasteiger partial charge in [-0.25, -0.2) is 14.5 Å². The molecule has 2 atom stereocenters. The number of benzene rings is 2. The van der Waals surface area contributed by atoms with Crippen LogP contribution in [0, 0.1) is 0 Å². The third-order valence-corrected chi connectivity index (χ3v) is 4.18. The lowest BCUT2D eigenvalue weighted by Gasteiger charge is -2.34. The van der Waals surface area contributed by atoms with Gasteiger partial charge in [0.15, 0.2) is 5.54 Å². The van der Waals surface area contributed by atoms with Gasteiger partial charge in [0.2, 0.25) is 6.23 Å². The van der Waals surface area contributed by atoms with E-state index in [1.54, 1.807) is 48.5 Å². The molecule has 2 unspecified atom stereocenters. The summed E-state index contributed by atoms with van der Waals surface area (Å²) >= 11 is 0. The summed E-state index contributed by atoms with van der Waals surface area (Å²) in [6.07, 6.45) is -0.542. The van der Waals surface area contributed by atoms with Crippen molar-refractivity contribution in [3.05, 3.63) is 84.4 Å². The highest BCUT2D eigenvalue weighted by Crippen LogP contribution is 2.46. The smallest absolute Gasteiger partial charge is 0.411 e. The maximum absolute atomic E-state index is 12.8. The van der Waals surface area contributed by atoms with Crippen molar-refractivity contribution >= 4 is 12.1 Å². The molecule has 5 nitrogen and oxygen atoms in total. The zero-order valence-electron chi connectivity index (χ0n) is 13.0. The average Bonchev–Trinajstić information content (AvgIpc) is 2.91. The minimum Gasteiger partial charge on any atom is -0.465 e. The Morgan fingerprint density at radius 3 is 2.29 bits per heavy atom. The molecule has 1 saturated heterocycles. The summed E-state index contributed by atoms with van der Waals surface area (Å²) in [7, 11) is 0. The van der Waals surface area contributed by atoms with E-state index in [4.69, 9.17) is 4.74 Å². The number of hydrogen-bond acceptors (Lipinski definition) is 3. The quantitative estimate of drug-likeness (QED) is 0.688. The molecule has 1 N–H and O–H groups in total. The first-order chi connectivity index (χ1) is 11.6. The molecule has 1 heterocycles. The van der Waals surface area contributed by atoms with Crippen LogP contribution >= 0.6 is 0 Å². The summed E-state index contributed by atoms with van der Waals surface area (Å²) in [5.41, 5.74) is -0.263. The standard InChI is InChI=1S/C19H17NO4/c1-2-13-19(15-11-7-4-8-12-15)17(21)24-16(20(19)18(22)23)14-9-5-3-6-10-14/h2-12,16H,1,13H2,(H,22,23). The molecule has 24 heavy (non-hydrogen) atoms. The first-order valence-electron chi connectivity index (χ1n) is 7.56. The average molecular weight is 323 g/mol. The minimum absolute atomic E-state index is 0.130. The van der Waals surface area contributed by atoms with Crippen LogP contribution in [0.5, 0.6) is 0 Å². The van der Waals surface area contributed by atoms with Crippen LogP contribution in [0.4, 0.5) is 4.79 Å². The molecule has 3 rings (SSSR count). The molecular formula is C19H17NO4. The number of carboxylic acid groups (broad SMARTS) is 1. The van der Waals surface area contributed by atoms with E-state index in [0.717, 1.165) is 4.90 Å². The predicted octanol–water partition coefficient (Wildman–Crippen LogP) is 3.69. The van der Waals surface area contributed by atoms with Gasteiger partial charge in [-0.3, -0.25) is 0 Å². The van der Waals surface area contributed by atoms with Gasteiger partial charge in [-0.15, -0.1) is 6.58 Å². The van der Waals surface area contributed by atoms with Crippen LogP contribution in [0.3, 0.4) is 0 Å². The first-order valence-corrected chi connectivity index (χ1v) is 7.56. The fourth-order valence-electron chi connectivity index (χ4n) is 3.13. The molecule has 0 bridgehead atoms. The van der Waals surface area contributed by atoms with Crippen LogP contribution in [-0.2, 0) is 15.1 Å². The molecule has 2 aromatic carbocycles. The monoisotopic (exact) mass is 323 g/mol. The van der Waals surface area contributed by atoms with Gasteiger partial charge in [-0.1, -0.05) is 66.7 Å². The normalized spacial score (nSPS) is 22.9. The second-order valence-corrected chi connectivity index (χ2v) is 5.54. The highest BCUT2D eigenvalue weighted by atomic mass is 16.6. The van der Waals surface area contributed by atoms with Crippen molar-refractivity contribution in [2.75, 3.05) is 0 Å². The van der Waals surface area contributed by atoms with Crippen molar-refractivity contribution in [1.29, 1.82) is 0 Å². The second-order valence-electron chi connectivity index (χ2n) is 5.54. The van der Waals surface area contributed by atoms with Gasteiger partial charge in [0.25, 0.3) is 0 Å². The molecule has 0 spiro atoms. The molecule has 1 aliphatic rings. The molecule has 1 fully saturated rings. The van der Waals surface area contributed by atoms with Crippen molar-refractivity contribution in [3.8, 4) is 0 Å². The van der Waals surface area contributed by atoms with E-state index >= 15 is 0 Å². The van der Waals surface area contributed by atoms with Gasteiger partial charge in [0.05, 0.1) is 0 Å². The number of amides is 1. The number of rotatable bonds is 4. The molecule has 0 aliphatic carbocycles. The van der Waals surface area contributed by atoms with Gasteiger partial charge >= 0.3 is 12.1 Å². The minimum atomic E-state index is -1.44. The van der Waals surface area contributed by atoms with Crippen LogP contribution in [0.1, 0.15) is 23.8 Å². The Morgan fingerprint density at radius 2 is 1.75 bits per heavy atom. The van der Waals surface area contributed by atoms with Crippen molar-refractivity contribution in [3.63, 3.8) is 0 Å². The Balaban J connectivity index is 2.18. The molecular weight excluding hydrogens is 306 g/mol. The zero-order chi connectivity index (χ0) is 17.2. The number of cyclic esters (lactones) is 1. The molecule has 1 aliphatic heterocycles. The second kappa shape index (κ2) is 6.20. The van der Waals surface area contributed by atoms with Gasteiger partial charge in [0, 0.05) is 12.0 Å². The maximum atomic E-state index is 12.8. The van der Waals surface area contributed by atoms with Crippen molar-refractivity contribution in [2.45, 2.75) is 18.2 Å². The molecule has 0 aromatic heterocycles. The van der Waals surface area contributed by atoms with Crippen molar-refractivity contribution < 1.29 is 19.4 Å². The summed E-state index contributed by atoms with van der Waals surface area (Å²) in [5.74, 6) is -0.593. The Morgan fingerprint density at radius 1 is 1.17 bits per heavy atom. The Bertz CT molecular complexity index is 759. The number of nitrogens with zero attached hydrogens (tertiary/aromatic N) is 1. The van der Waals surface area contributed by atoms with Gasteiger partial charge in [-0.2, -0.15) is 0 Å². The Kier molecular flexibility index (Phi) is 4.08. The molecule has 0 saturated carbocycles. The summed E-state index contributed by atoms with van der Waals surface area (Å²) in [5, 5.41) is 9.85. The van der Waals surface area contributed by atoms with E-state index in [1.165, 1.54) is 6.08 Å². The van der Waals surface area contributed by atoms with Crippen LogP contribution in [0.25, 0.3) is 0 Å². The zero-order valence-corrected chi connectivity index (χ0v) is 13.0. The maximum Gasteiger partial charge on any atom is 0.411 e. The van der Waals surface area contributed by atoms with Crippen LogP contribution in [-0.4, -0.2) is 22.1 Å². The largest absolute Gasteiger partial charge is 0.465 e. The molecule has 0 radical (unpaired) electrons. The lowest BCUT2D eigenvalue weighted by atomic mass is 9.85. The van der Waals surface area contributed by atoms with E-state index in [9.17, 15) is 14.7 Å². The van der Waals surface area contributed by atoms with E-state index in [0.29, 0.717) is 11.1 Å². The number of carbonyl (C=O) groups excluding carboxylic acids is 1. The molecule has 122 valence electrons. The van der Waals surface area contributed by atoms with E-state index in [-0.39, 0.29) is 6.42 Å². The number of carbonyl (C=O) groups is 2. The number of hydrogen-bond donors (Lipinski definition) is 1. The van der Waals surface area contributed by atoms with Crippen molar-refractivity contribution in [1.82, 2.24) is 4.90 Å². The van der Waals surface area contributed by atoms with Gasteiger partial charge in [0.1, 0.15) is 0 Å². The lowest BCUT2D eigenvalue weighted by Crippen LogP contribution is -2.48. The van der Waals surface area contributed by atoms with Gasteiger partial charge in [-0.05, 0) is 5.56 Å². The molecule has 5 heteroatoms. The fraction of sp³-hybridized carbons (Fsp3) is 0.158. The summed E-state index contributed by atoms with van der Waals surface area (Å²) in [6.45, 7) is 3.69. The Labute approximate surface area is 139 Å². The Hall–Kier alpha value is -3.08. The third-order valence-electron chi connectivity index (χ3n) is 4.18. The summed E-state index contributed by atoms with van der Waals surface area (Å²) in [6, 6.07) is 17.7. The molecule has 2 aromatic rings. The van der Waals surface area contributed by atoms with E-state index in [1.807, 2.05) is 12.1 Å². The lowest BCUT2D eigenvalue weighted by molar-refractivity contribution is -0.145. The van der Waals surface area contributed by atoms with E-state index < -0.39 is 23.8 Å². The summed E-state index contributed by atoms with van der Waals surface area (Å²) < 4.78 is 5.50. The fourth-order valence-corrected chi connectivity index (χ4v) is 3.13. The van der Waals surface area contributed by atoms with Crippen LogP contribution in [0.15, 0.2) is 73.3 Å². The van der Waals surface area contributed by atoms with Crippen LogP contribution in [0.2, 0.25) is 0 Å². The molecule has 1 amide bonds. The van der Waals surface area contributed by atoms with Crippen molar-refractivity contribution in [2.24, 2.45) is 0 Å². The number of ether oxygens (including phenoxy) is 1. The highest BCUT2D eigenvalue weighted by molar-refractivity contribution is 5.90. The predicted molar refractivity (Wildman–Crippen MR) is 88.1 cm³/mol. The summed E-state index contributed by atoms with van der Waals surface area (Å²) in [4.78, 5) is 25.9. The number of esters is 1. The first kappa shape index (κ1) is 15.8. The third kappa shape index (κ3) is 2.34. The topological polar surface area (TPSA) is 66.8 Å².